The van der Waals surface area contributed by atoms with Crippen LogP contribution in [0.1, 0.15) is 0 Å². The zero-order chi connectivity index (χ0) is 25.1. The molecule has 1 heterocycles. The number of rotatable bonds is 8. The maximum absolute atomic E-state index is 13.6. The predicted octanol–water partition coefficient (Wildman–Crippen LogP) is 7.97. The molecule has 0 N–H and O–H groups in total. The molecule has 0 aliphatic heterocycles. The molecule has 4 rings (SSSR count). The number of benzene rings is 3. The van der Waals surface area contributed by atoms with Gasteiger partial charge in [0.2, 0.25) is 0 Å². The molecular weight excluding hydrogens is 538 g/mol. The molecule has 0 spiro atoms. The summed E-state index contributed by atoms with van der Waals surface area (Å²) in [6.07, 6.45) is 0. The van der Waals surface area contributed by atoms with E-state index in [1.54, 1.807) is 92.0 Å². The van der Waals surface area contributed by atoms with Crippen LogP contribution in [0.4, 0.5) is 13.2 Å². The maximum Gasteiger partial charge on any atom is 0.524 e. The molecule has 11 heteroatoms. The van der Waals surface area contributed by atoms with Crippen LogP contribution >= 0.6 is 33.4 Å². The standard InChI is InChI=1S/C24H19F3O4S4/c1-30-18-12-14-19(15-13-18)32-22-16-17-23(33-22)34(20-8-4-2-5-9-20,21-10-6-3-7-11-21)31-35(28,29)24(25,26)27/h2-17H,1H3. The van der Waals surface area contributed by atoms with Crippen molar-refractivity contribution >= 4 is 43.5 Å². The SMILES string of the molecule is COc1ccc(Sc2ccc(S(OS(=O)(=O)C(F)(F)F)(c3ccccc3)c3ccccc3)s2)cc1. The molecule has 0 atom stereocenters. The van der Waals surface area contributed by atoms with E-state index >= 15 is 0 Å². The fraction of sp³-hybridized carbons (Fsp3) is 0.0833. The van der Waals surface area contributed by atoms with Crippen molar-refractivity contribution in [3.63, 3.8) is 0 Å². The Kier molecular flexibility index (Phi) is 7.53. The molecule has 4 aromatic rings. The largest absolute Gasteiger partial charge is 0.524 e. The normalized spacial score (nSPS) is 12.9. The molecule has 3 aromatic carbocycles. The van der Waals surface area contributed by atoms with Gasteiger partial charge < -0.3 is 4.74 Å². The molecule has 0 saturated carbocycles. The van der Waals surface area contributed by atoms with Crippen LogP contribution in [0.15, 0.2) is 120 Å². The average molecular weight is 557 g/mol. The van der Waals surface area contributed by atoms with Crippen molar-refractivity contribution in [3.05, 3.63) is 97.1 Å². The molecule has 0 radical (unpaired) electrons. The van der Waals surface area contributed by atoms with Gasteiger partial charge in [0.05, 0.1) is 15.5 Å². The lowest BCUT2D eigenvalue weighted by Crippen LogP contribution is -2.27. The summed E-state index contributed by atoms with van der Waals surface area (Å²) >= 11 is 2.60. The van der Waals surface area contributed by atoms with Crippen molar-refractivity contribution < 1.29 is 30.0 Å². The highest BCUT2D eigenvalue weighted by Crippen LogP contribution is 2.72. The van der Waals surface area contributed by atoms with Crippen LogP contribution in [0.3, 0.4) is 0 Å². The third-order valence-corrected chi connectivity index (χ3v) is 12.4. The van der Waals surface area contributed by atoms with Gasteiger partial charge >= 0.3 is 15.6 Å². The predicted molar refractivity (Wildman–Crippen MR) is 133 cm³/mol. The Labute approximate surface area is 211 Å². The number of thiophene rings is 1. The van der Waals surface area contributed by atoms with Gasteiger partial charge in [0.25, 0.3) is 0 Å². The topological polar surface area (TPSA) is 52.6 Å². The van der Waals surface area contributed by atoms with Gasteiger partial charge in [0.1, 0.15) is 5.75 Å². The van der Waals surface area contributed by atoms with E-state index in [1.165, 1.54) is 23.1 Å². The molecular formula is C24H19F3O4S4. The Morgan fingerprint density at radius 2 is 1.31 bits per heavy atom. The number of halogens is 3. The van der Waals surface area contributed by atoms with Gasteiger partial charge in [0, 0.05) is 14.7 Å². The number of alkyl halides is 3. The zero-order valence-corrected chi connectivity index (χ0v) is 21.4. The summed E-state index contributed by atoms with van der Waals surface area (Å²) in [6.45, 7) is 0. The van der Waals surface area contributed by atoms with E-state index in [-0.39, 0.29) is 0 Å². The zero-order valence-electron chi connectivity index (χ0n) is 18.1. The Morgan fingerprint density at radius 1 is 0.771 bits per heavy atom. The molecule has 184 valence electrons. The molecule has 1 aromatic heterocycles. The lowest BCUT2D eigenvalue weighted by molar-refractivity contribution is -0.0496. The van der Waals surface area contributed by atoms with Crippen molar-refractivity contribution in [2.24, 2.45) is 0 Å². The first kappa shape index (κ1) is 25.6. The summed E-state index contributed by atoms with van der Waals surface area (Å²) in [5.41, 5.74) is -5.58. The van der Waals surface area contributed by atoms with Crippen LogP contribution in [-0.2, 0) is 13.7 Å². The average Bonchev–Trinajstić information content (AvgIpc) is 3.32. The van der Waals surface area contributed by atoms with Gasteiger partial charge in [-0.05, 0) is 71.0 Å². The van der Waals surface area contributed by atoms with Gasteiger partial charge in [0.15, 0.2) is 0 Å². The third-order valence-electron chi connectivity index (χ3n) is 4.74. The van der Waals surface area contributed by atoms with Crippen molar-refractivity contribution in [2.45, 2.75) is 28.6 Å². The first-order chi connectivity index (χ1) is 16.7. The third kappa shape index (κ3) is 5.39. The number of hydrogen-bond acceptors (Lipinski definition) is 6. The van der Waals surface area contributed by atoms with Crippen LogP contribution in [-0.4, -0.2) is 21.0 Å². The Balaban J connectivity index is 1.87. The lowest BCUT2D eigenvalue weighted by Gasteiger charge is -2.38. The fourth-order valence-electron chi connectivity index (χ4n) is 3.15. The monoisotopic (exact) mass is 556 g/mol. The number of ether oxygens (including phenoxy) is 1. The Morgan fingerprint density at radius 3 is 1.80 bits per heavy atom. The molecule has 35 heavy (non-hydrogen) atoms. The molecule has 0 fully saturated rings. The molecule has 0 bridgehead atoms. The summed E-state index contributed by atoms with van der Waals surface area (Å²) in [6, 6.07) is 27.1. The minimum Gasteiger partial charge on any atom is -0.497 e. The molecule has 0 aliphatic rings. The van der Waals surface area contributed by atoms with Crippen LogP contribution in [0, 0.1) is 0 Å². The number of hydrogen-bond donors (Lipinski definition) is 0. The maximum atomic E-state index is 13.6. The highest BCUT2D eigenvalue weighted by atomic mass is 32.3. The van der Waals surface area contributed by atoms with E-state index < -0.39 is 25.9 Å². The van der Waals surface area contributed by atoms with E-state index in [9.17, 15) is 21.6 Å². The van der Waals surface area contributed by atoms with E-state index in [0.29, 0.717) is 19.7 Å². The smallest absolute Gasteiger partial charge is 0.497 e. The van der Waals surface area contributed by atoms with E-state index in [4.69, 9.17) is 8.37 Å². The first-order valence-electron chi connectivity index (χ1n) is 10.0. The van der Waals surface area contributed by atoms with Gasteiger partial charge in [-0.3, -0.25) is 0 Å². The fourth-order valence-corrected chi connectivity index (χ4v) is 11.1. The van der Waals surface area contributed by atoms with Gasteiger partial charge in [-0.25, -0.2) is 0 Å². The highest BCUT2D eigenvalue weighted by molar-refractivity contribution is 8.34. The van der Waals surface area contributed by atoms with E-state index in [0.717, 1.165) is 9.10 Å². The summed E-state index contributed by atoms with van der Waals surface area (Å²) in [5, 5.41) is 0. The van der Waals surface area contributed by atoms with Gasteiger partial charge in [-0.15, -0.1) is 11.3 Å². The van der Waals surface area contributed by atoms with Crippen LogP contribution in [0.25, 0.3) is 0 Å². The van der Waals surface area contributed by atoms with Gasteiger partial charge in [-0.1, -0.05) is 48.2 Å². The second-order valence-corrected chi connectivity index (χ2v) is 14.1. The molecule has 4 nitrogen and oxygen atoms in total. The Bertz CT molecular complexity index is 1330. The number of methoxy groups -OCH3 is 1. The minimum atomic E-state index is -5.93. The van der Waals surface area contributed by atoms with Crippen molar-refractivity contribution in [2.75, 3.05) is 7.11 Å². The second-order valence-electron chi connectivity index (χ2n) is 7.00. The minimum absolute atomic E-state index is 0.335. The molecule has 0 unspecified atom stereocenters. The van der Waals surface area contributed by atoms with Crippen LogP contribution in [0.5, 0.6) is 5.75 Å². The van der Waals surface area contributed by atoms with Crippen LogP contribution < -0.4 is 4.74 Å². The van der Waals surface area contributed by atoms with Crippen molar-refractivity contribution in [3.8, 4) is 5.75 Å². The van der Waals surface area contributed by atoms with Crippen molar-refractivity contribution in [1.29, 1.82) is 0 Å². The molecule has 0 aliphatic carbocycles. The molecule has 0 saturated heterocycles. The van der Waals surface area contributed by atoms with Crippen LogP contribution in [0.2, 0.25) is 0 Å². The summed E-state index contributed by atoms with van der Waals surface area (Å²) < 4.78 is 77.0. The van der Waals surface area contributed by atoms with Crippen molar-refractivity contribution in [1.82, 2.24) is 0 Å². The first-order valence-corrected chi connectivity index (χ1v) is 14.6. The molecule has 0 amide bonds. The quantitative estimate of drug-likeness (QED) is 0.206. The van der Waals surface area contributed by atoms with Gasteiger partial charge in [-0.2, -0.15) is 25.2 Å². The summed E-state index contributed by atoms with van der Waals surface area (Å²) in [5.74, 6) is 0.698. The van der Waals surface area contributed by atoms with E-state index in [1.807, 2.05) is 12.1 Å². The highest BCUT2D eigenvalue weighted by Gasteiger charge is 2.52. The lowest BCUT2D eigenvalue weighted by atomic mass is 10.3. The summed E-state index contributed by atoms with van der Waals surface area (Å²) in [4.78, 5) is 1.56. The van der Waals surface area contributed by atoms with E-state index in [2.05, 4.69) is 0 Å². The Hall–Kier alpha value is -2.44. The summed E-state index contributed by atoms with van der Waals surface area (Å²) in [7, 11) is -7.64. The second kappa shape index (κ2) is 10.3.